The number of nitrogens with one attached hydrogen (secondary N) is 1. The van der Waals surface area contributed by atoms with Gasteiger partial charge in [0.15, 0.2) is 0 Å². The predicted molar refractivity (Wildman–Crippen MR) is 98.3 cm³/mol. The van der Waals surface area contributed by atoms with Crippen molar-refractivity contribution < 1.29 is 14.6 Å². The van der Waals surface area contributed by atoms with Gasteiger partial charge in [-0.15, -0.1) is 11.3 Å². The zero-order valence-corrected chi connectivity index (χ0v) is 15.5. The van der Waals surface area contributed by atoms with Gasteiger partial charge in [-0.1, -0.05) is 0 Å². The van der Waals surface area contributed by atoms with Crippen molar-refractivity contribution >= 4 is 33.3 Å². The Morgan fingerprint density at radius 1 is 1.54 bits per heavy atom. The van der Waals surface area contributed by atoms with Crippen LogP contribution in [0.4, 0.5) is 5.82 Å². The lowest BCUT2D eigenvalue weighted by Gasteiger charge is -2.29. The number of aliphatic hydroxyl groups excluding tert-OH is 1. The highest BCUT2D eigenvalue weighted by Crippen LogP contribution is 2.55. The van der Waals surface area contributed by atoms with Crippen molar-refractivity contribution in [2.75, 3.05) is 31.1 Å². The summed E-state index contributed by atoms with van der Waals surface area (Å²) in [5, 5.41) is 15.0. The van der Waals surface area contributed by atoms with Crippen molar-refractivity contribution in [3.8, 4) is 0 Å². The van der Waals surface area contributed by atoms with E-state index in [1.165, 1.54) is 0 Å². The molecule has 2 N–H and O–H groups in total. The van der Waals surface area contributed by atoms with Crippen LogP contribution in [0.15, 0.2) is 11.4 Å². The van der Waals surface area contributed by atoms with Crippen LogP contribution in [0.3, 0.4) is 0 Å². The maximum Gasteiger partial charge on any atom is 0.245 e. The van der Waals surface area contributed by atoms with E-state index in [9.17, 15) is 4.79 Å². The second-order valence-corrected chi connectivity index (χ2v) is 8.50. The summed E-state index contributed by atoms with van der Waals surface area (Å²) >= 11 is 1.64. The van der Waals surface area contributed by atoms with Crippen molar-refractivity contribution in [1.29, 1.82) is 0 Å². The lowest BCUT2D eigenvalue weighted by molar-refractivity contribution is -0.124. The van der Waals surface area contributed by atoms with Crippen molar-refractivity contribution in [1.82, 2.24) is 15.3 Å². The molecule has 0 radical (unpaired) electrons. The number of aromatic nitrogens is 2. The summed E-state index contributed by atoms with van der Waals surface area (Å²) in [6, 6.07) is 2.10. The standard InChI is InChI=1S/C18H22N4O3S/c1-10-20-16(11-3-5-26-17(11)21-10)22-7-13-12(6-19-15(24)8-23)14-2-4-18(13,9-22)25-14/h3,5,12-14,23H,2,4,6-9H2,1H3,(H,19,24)/t12-,13+,14+,18+/m0/s1. The molecule has 1 amide bonds. The number of rotatable bonds is 4. The number of nitrogens with zero attached hydrogens (tertiary/aromatic N) is 3. The lowest BCUT2D eigenvalue weighted by atomic mass is 9.73. The largest absolute Gasteiger partial charge is 0.387 e. The summed E-state index contributed by atoms with van der Waals surface area (Å²) in [5.41, 5.74) is -0.125. The van der Waals surface area contributed by atoms with Gasteiger partial charge in [0.1, 0.15) is 23.1 Å². The minimum Gasteiger partial charge on any atom is -0.387 e. The summed E-state index contributed by atoms with van der Waals surface area (Å²) in [5.74, 6) is 2.15. The van der Waals surface area contributed by atoms with Crippen LogP contribution >= 0.6 is 11.3 Å². The summed E-state index contributed by atoms with van der Waals surface area (Å²) in [4.78, 5) is 24.1. The third-order valence-corrected chi connectivity index (χ3v) is 6.99. The van der Waals surface area contributed by atoms with E-state index in [2.05, 4.69) is 26.6 Å². The Hall–Kier alpha value is -1.77. The van der Waals surface area contributed by atoms with Gasteiger partial charge in [-0.25, -0.2) is 9.97 Å². The van der Waals surface area contributed by atoms with E-state index in [1.54, 1.807) is 11.3 Å². The number of ether oxygens (including phenoxy) is 1. The molecule has 0 aliphatic carbocycles. The van der Waals surface area contributed by atoms with Gasteiger partial charge >= 0.3 is 0 Å². The molecule has 4 atom stereocenters. The average Bonchev–Trinajstić information content (AvgIpc) is 3.37. The van der Waals surface area contributed by atoms with Gasteiger partial charge < -0.3 is 20.1 Å². The first kappa shape index (κ1) is 16.4. The van der Waals surface area contributed by atoms with Gasteiger partial charge in [0.25, 0.3) is 0 Å². The summed E-state index contributed by atoms with van der Waals surface area (Å²) in [6.45, 7) is 3.78. The normalized spacial score (nSPS) is 32.4. The number of aliphatic hydroxyl groups is 1. The Labute approximate surface area is 155 Å². The molecule has 5 rings (SSSR count). The second-order valence-electron chi connectivity index (χ2n) is 7.61. The van der Waals surface area contributed by atoms with Crippen LogP contribution in [0.25, 0.3) is 10.2 Å². The van der Waals surface area contributed by atoms with Crippen LogP contribution in [0.2, 0.25) is 0 Å². The molecule has 3 saturated heterocycles. The van der Waals surface area contributed by atoms with Crippen LogP contribution in [0, 0.1) is 18.8 Å². The second kappa shape index (κ2) is 5.87. The molecular weight excluding hydrogens is 352 g/mol. The molecule has 8 heteroatoms. The average molecular weight is 374 g/mol. The topological polar surface area (TPSA) is 87.6 Å². The maximum absolute atomic E-state index is 11.5. The first-order valence-electron chi connectivity index (χ1n) is 9.12. The molecule has 7 nitrogen and oxygen atoms in total. The zero-order valence-electron chi connectivity index (χ0n) is 14.6. The molecule has 5 heterocycles. The molecule has 3 aliphatic heterocycles. The monoisotopic (exact) mass is 374 g/mol. The third-order valence-electron chi connectivity index (χ3n) is 6.18. The van der Waals surface area contributed by atoms with E-state index in [0.29, 0.717) is 18.4 Å². The lowest BCUT2D eigenvalue weighted by Crippen LogP contribution is -2.42. The Morgan fingerprint density at radius 2 is 2.42 bits per heavy atom. The van der Waals surface area contributed by atoms with Crippen LogP contribution in [0.1, 0.15) is 18.7 Å². The number of amides is 1. The van der Waals surface area contributed by atoms with E-state index in [1.807, 2.05) is 6.92 Å². The minimum atomic E-state index is -0.462. The Balaban J connectivity index is 1.43. The first-order chi connectivity index (χ1) is 12.6. The molecular formula is C18H22N4O3S. The SMILES string of the molecule is Cc1nc(N2C[C@@H]3[C@H](CNC(=O)CO)[C@H]4CC[C@]3(C2)O4)c2ccsc2n1. The Morgan fingerprint density at radius 3 is 3.27 bits per heavy atom. The van der Waals surface area contributed by atoms with Crippen molar-refractivity contribution in [2.24, 2.45) is 11.8 Å². The smallest absolute Gasteiger partial charge is 0.245 e. The third kappa shape index (κ3) is 2.35. The molecule has 3 fully saturated rings. The fourth-order valence-electron chi connectivity index (χ4n) is 5.10. The summed E-state index contributed by atoms with van der Waals surface area (Å²) < 4.78 is 6.44. The van der Waals surface area contributed by atoms with E-state index >= 15 is 0 Å². The summed E-state index contributed by atoms with van der Waals surface area (Å²) in [6.07, 6.45) is 2.33. The molecule has 0 saturated carbocycles. The molecule has 0 aromatic carbocycles. The maximum atomic E-state index is 11.5. The van der Waals surface area contributed by atoms with Gasteiger partial charge in [-0.05, 0) is 31.2 Å². The fourth-order valence-corrected chi connectivity index (χ4v) is 5.90. The molecule has 1 spiro atoms. The zero-order chi connectivity index (χ0) is 17.9. The number of anilines is 1. The molecule has 3 aliphatic rings. The van der Waals surface area contributed by atoms with E-state index in [0.717, 1.165) is 47.8 Å². The van der Waals surface area contributed by atoms with Crippen LogP contribution in [-0.2, 0) is 9.53 Å². The van der Waals surface area contributed by atoms with E-state index in [-0.39, 0.29) is 17.6 Å². The predicted octanol–water partition coefficient (Wildman–Crippen LogP) is 1.09. The Kier molecular flexibility index (Phi) is 3.70. The number of aryl methyl sites for hydroxylation is 1. The van der Waals surface area contributed by atoms with Gasteiger partial charge in [0.2, 0.25) is 5.91 Å². The number of hydrogen-bond donors (Lipinski definition) is 2. The van der Waals surface area contributed by atoms with Crippen molar-refractivity contribution in [2.45, 2.75) is 31.5 Å². The fraction of sp³-hybridized carbons (Fsp3) is 0.611. The van der Waals surface area contributed by atoms with E-state index < -0.39 is 6.61 Å². The molecule has 0 unspecified atom stereocenters. The molecule has 2 aromatic rings. The highest BCUT2D eigenvalue weighted by Gasteiger charge is 2.63. The molecule has 2 bridgehead atoms. The number of fused-ring (bicyclic) bond motifs is 2. The highest BCUT2D eigenvalue weighted by atomic mass is 32.1. The van der Waals surface area contributed by atoms with Gasteiger partial charge in [-0.2, -0.15) is 0 Å². The highest BCUT2D eigenvalue weighted by molar-refractivity contribution is 7.16. The van der Waals surface area contributed by atoms with Gasteiger partial charge in [0, 0.05) is 31.5 Å². The molecule has 138 valence electrons. The summed E-state index contributed by atoms with van der Waals surface area (Å²) in [7, 11) is 0. The molecule has 2 aromatic heterocycles. The number of thiophene rings is 1. The van der Waals surface area contributed by atoms with Crippen molar-refractivity contribution in [3.63, 3.8) is 0 Å². The Bertz CT molecular complexity index is 871. The quantitative estimate of drug-likeness (QED) is 0.833. The number of carbonyl (C=O) groups is 1. The van der Waals surface area contributed by atoms with Gasteiger partial charge in [0.05, 0.1) is 17.1 Å². The van der Waals surface area contributed by atoms with Crippen LogP contribution in [-0.4, -0.2) is 58.9 Å². The van der Waals surface area contributed by atoms with Crippen LogP contribution in [0.5, 0.6) is 0 Å². The molecule has 26 heavy (non-hydrogen) atoms. The minimum absolute atomic E-state index is 0.125. The van der Waals surface area contributed by atoms with Crippen molar-refractivity contribution in [3.05, 3.63) is 17.3 Å². The number of carbonyl (C=O) groups excluding carboxylic acids is 1. The van der Waals surface area contributed by atoms with Crippen LogP contribution < -0.4 is 10.2 Å². The van der Waals surface area contributed by atoms with E-state index in [4.69, 9.17) is 14.8 Å². The number of hydrogen-bond acceptors (Lipinski definition) is 7. The first-order valence-corrected chi connectivity index (χ1v) is 10.00. The van der Waals surface area contributed by atoms with Gasteiger partial charge in [-0.3, -0.25) is 4.79 Å².